The number of imidazole rings is 1. The highest BCUT2D eigenvalue weighted by atomic mass is 31.2. The van der Waals surface area contributed by atoms with Gasteiger partial charge in [-0.05, 0) is 6.92 Å². The van der Waals surface area contributed by atoms with E-state index in [1.165, 1.54) is 12.7 Å². The van der Waals surface area contributed by atoms with Gasteiger partial charge in [-0.2, -0.15) is 0 Å². The fourth-order valence-corrected chi connectivity index (χ4v) is 2.18. The summed E-state index contributed by atoms with van der Waals surface area (Å²) in [5.41, 5.74) is 6.70. The Kier molecular flexibility index (Phi) is 7.99. The molecular formula is C13H18N5O8P. The number of anilines is 1. The maximum atomic E-state index is 10.7. The Bertz CT molecular complexity index is 861. The van der Waals surface area contributed by atoms with Gasteiger partial charge in [0.2, 0.25) is 0 Å². The lowest BCUT2D eigenvalue weighted by molar-refractivity contribution is -0.134. The summed E-state index contributed by atoms with van der Waals surface area (Å²) in [4.78, 5) is 48.5. The Morgan fingerprint density at radius 1 is 1.26 bits per heavy atom. The lowest BCUT2D eigenvalue weighted by Crippen LogP contribution is -2.17. The second kappa shape index (κ2) is 9.73. The van der Waals surface area contributed by atoms with E-state index in [0.717, 1.165) is 0 Å². The second-order valence-electron chi connectivity index (χ2n) is 5.11. The number of carbonyl (C=O) groups is 2. The molecule has 1 atom stereocenters. The van der Waals surface area contributed by atoms with Crippen LogP contribution in [0.25, 0.3) is 11.2 Å². The summed E-state index contributed by atoms with van der Waals surface area (Å²) in [5, 5.41) is 15.6. The molecule has 6 N–H and O–H groups in total. The number of hydrogen-bond acceptors (Lipinski definition) is 8. The normalized spacial score (nSPS) is 12.6. The number of fused-ring (bicyclic) bond motifs is 1. The molecule has 0 fully saturated rings. The first-order valence-corrected chi connectivity index (χ1v) is 9.00. The molecule has 0 unspecified atom stereocenters. The molecule has 27 heavy (non-hydrogen) atoms. The van der Waals surface area contributed by atoms with Gasteiger partial charge in [-0.3, -0.25) is 4.57 Å². The van der Waals surface area contributed by atoms with Crippen molar-refractivity contribution in [3.63, 3.8) is 0 Å². The zero-order valence-corrected chi connectivity index (χ0v) is 14.9. The average molecular weight is 403 g/mol. The van der Waals surface area contributed by atoms with Crippen LogP contribution in [0.2, 0.25) is 0 Å². The van der Waals surface area contributed by atoms with Crippen molar-refractivity contribution in [3.8, 4) is 0 Å². The first-order valence-electron chi connectivity index (χ1n) is 7.21. The maximum absolute atomic E-state index is 10.7. The molecule has 0 spiro atoms. The predicted molar refractivity (Wildman–Crippen MR) is 91.6 cm³/mol. The Labute approximate surface area is 152 Å². The smallest absolute Gasteiger partial charge is 0.350 e. The van der Waals surface area contributed by atoms with Gasteiger partial charge in [0.1, 0.15) is 18.2 Å². The van der Waals surface area contributed by atoms with Crippen LogP contribution < -0.4 is 5.73 Å². The summed E-state index contributed by atoms with van der Waals surface area (Å²) >= 11 is 0. The molecule has 0 saturated heterocycles. The molecule has 2 aromatic heterocycles. The second-order valence-corrected chi connectivity index (χ2v) is 6.70. The molecule has 2 heterocycles. The minimum Gasteiger partial charge on any atom is -0.478 e. The van der Waals surface area contributed by atoms with Gasteiger partial charge in [0, 0.05) is 12.2 Å². The quantitative estimate of drug-likeness (QED) is 0.297. The molecule has 0 aliphatic rings. The van der Waals surface area contributed by atoms with E-state index in [2.05, 4.69) is 15.0 Å². The summed E-state index contributed by atoms with van der Waals surface area (Å²) in [6, 6.07) is 0. The van der Waals surface area contributed by atoms with Gasteiger partial charge >= 0.3 is 19.5 Å². The van der Waals surface area contributed by atoms with Gasteiger partial charge in [-0.15, -0.1) is 0 Å². The Balaban J connectivity index is 0.000000387. The van der Waals surface area contributed by atoms with Crippen molar-refractivity contribution in [2.75, 3.05) is 12.1 Å². The molecule has 148 valence electrons. The van der Waals surface area contributed by atoms with Crippen LogP contribution in [0.3, 0.4) is 0 Å². The maximum Gasteiger partial charge on any atom is 0.350 e. The van der Waals surface area contributed by atoms with Gasteiger partial charge in [-0.25, -0.2) is 24.5 Å². The molecule has 0 radical (unpaired) electrons. The molecule has 0 saturated carbocycles. The minimum absolute atomic E-state index is 0.285. The zero-order valence-electron chi connectivity index (χ0n) is 14.0. The van der Waals surface area contributed by atoms with Crippen LogP contribution in [-0.4, -0.2) is 63.9 Å². The van der Waals surface area contributed by atoms with E-state index in [0.29, 0.717) is 29.9 Å². The third-order valence-corrected chi connectivity index (χ3v) is 3.26. The van der Waals surface area contributed by atoms with E-state index >= 15 is 0 Å². The Morgan fingerprint density at radius 3 is 2.37 bits per heavy atom. The molecule has 14 heteroatoms. The minimum atomic E-state index is -4.16. The van der Waals surface area contributed by atoms with Crippen molar-refractivity contribution in [3.05, 3.63) is 24.8 Å². The van der Waals surface area contributed by atoms with Crippen molar-refractivity contribution < 1.29 is 38.9 Å². The van der Waals surface area contributed by atoms with Crippen molar-refractivity contribution in [2.24, 2.45) is 0 Å². The number of hydrogen-bond donors (Lipinski definition) is 5. The SMILES string of the molecule is C[C@H](Cn1cnc2c(N)ncnc21)OCP(=O)(O)O.O=C(O)C=CC(=O)O. The van der Waals surface area contributed by atoms with Gasteiger partial charge in [0.05, 0.1) is 19.0 Å². The summed E-state index contributed by atoms with van der Waals surface area (Å²) in [6.45, 7) is 2.05. The van der Waals surface area contributed by atoms with Crippen LogP contribution in [0.1, 0.15) is 6.92 Å². The molecule has 2 aromatic rings. The number of aromatic nitrogens is 4. The number of nitrogen functional groups attached to an aromatic ring is 1. The van der Waals surface area contributed by atoms with E-state index in [1.54, 1.807) is 11.5 Å². The van der Waals surface area contributed by atoms with Gasteiger partial charge in [0.25, 0.3) is 0 Å². The van der Waals surface area contributed by atoms with E-state index < -0.39 is 32.0 Å². The number of aliphatic carboxylic acids is 2. The van der Waals surface area contributed by atoms with E-state index in [4.69, 9.17) is 30.5 Å². The van der Waals surface area contributed by atoms with Gasteiger partial charge < -0.3 is 35.0 Å². The van der Waals surface area contributed by atoms with Crippen molar-refractivity contribution in [2.45, 2.75) is 19.6 Å². The summed E-state index contributed by atoms with van der Waals surface area (Å²) in [5.74, 6) is -2.23. The lowest BCUT2D eigenvalue weighted by atomic mass is 10.4. The summed E-state index contributed by atoms with van der Waals surface area (Å²) < 4.78 is 17.5. The van der Waals surface area contributed by atoms with Gasteiger partial charge in [-0.1, -0.05) is 0 Å². The number of nitrogens with two attached hydrogens (primary N) is 1. The number of nitrogens with zero attached hydrogens (tertiary/aromatic N) is 4. The summed E-state index contributed by atoms with van der Waals surface area (Å²) in [6.07, 6.45) is 2.97. The Morgan fingerprint density at radius 2 is 1.85 bits per heavy atom. The van der Waals surface area contributed by atoms with Gasteiger partial charge in [0.15, 0.2) is 11.5 Å². The third kappa shape index (κ3) is 8.37. The van der Waals surface area contributed by atoms with Crippen LogP contribution in [0.5, 0.6) is 0 Å². The highest BCUT2D eigenvalue weighted by molar-refractivity contribution is 7.51. The van der Waals surface area contributed by atoms with Crippen molar-refractivity contribution in [1.82, 2.24) is 19.5 Å². The lowest BCUT2D eigenvalue weighted by Gasteiger charge is -2.14. The third-order valence-electron chi connectivity index (χ3n) is 2.78. The number of carboxylic acid groups (broad SMARTS) is 2. The number of carboxylic acids is 2. The van der Waals surface area contributed by atoms with Crippen LogP contribution >= 0.6 is 7.60 Å². The molecule has 0 aliphatic carbocycles. The predicted octanol–water partition coefficient (Wildman–Crippen LogP) is -0.339. The number of ether oxygens (including phenoxy) is 1. The van der Waals surface area contributed by atoms with Crippen LogP contribution in [0.4, 0.5) is 5.82 Å². The molecule has 0 bridgehead atoms. The molecule has 0 aliphatic heterocycles. The largest absolute Gasteiger partial charge is 0.478 e. The molecule has 2 rings (SSSR count). The average Bonchev–Trinajstić information content (AvgIpc) is 2.95. The fraction of sp³-hybridized carbons (Fsp3) is 0.308. The number of rotatable bonds is 7. The monoisotopic (exact) mass is 403 g/mol. The topological polar surface area (TPSA) is 211 Å². The summed E-state index contributed by atoms with van der Waals surface area (Å²) in [7, 11) is -4.16. The molecule has 0 amide bonds. The highest BCUT2D eigenvalue weighted by Gasteiger charge is 2.16. The van der Waals surface area contributed by atoms with Crippen molar-refractivity contribution >= 4 is 36.5 Å². The molecular weight excluding hydrogens is 385 g/mol. The zero-order chi connectivity index (χ0) is 20.6. The van der Waals surface area contributed by atoms with Crippen molar-refractivity contribution in [1.29, 1.82) is 0 Å². The molecule has 13 nitrogen and oxygen atoms in total. The fourth-order valence-electron chi connectivity index (χ4n) is 1.73. The first kappa shape index (κ1) is 22.2. The van der Waals surface area contributed by atoms with Crippen LogP contribution in [0, 0.1) is 0 Å². The molecule has 0 aromatic carbocycles. The first-order chi connectivity index (χ1) is 12.5. The standard InChI is InChI=1S/C9H14N5O4P.C4H4O4/c1-6(18-5-19(15,16)17)2-14-4-13-7-8(10)11-3-12-9(7)14;5-3(6)1-2-4(7)8/h3-4,6H,2,5H2,1H3,(H2,10,11,12)(H2,15,16,17);1-2H,(H,5,6)(H,7,8)/t6-;/m1./s1. The van der Waals surface area contributed by atoms with Crippen LogP contribution in [-0.2, 0) is 25.4 Å². The van der Waals surface area contributed by atoms with Crippen LogP contribution in [0.15, 0.2) is 24.8 Å². The highest BCUT2D eigenvalue weighted by Crippen LogP contribution is 2.34. The van der Waals surface area contributed by atoms with E-state index in [1.807, 2.05) is 0 Å². The van der Waals surface area contributed by atoms with E-state index in [9.17, 15) is 14.2 Å². The van der Waals surface area contributed by atoms with E-state index in [-0.39, 0.29) is 5.82 Å². The Hall–Kier alpha value is -2.86.